The first-order valence-electron chi connectivity index (χ1n) is 10.1. The molecule has 1 aromatic carbocycles. The number of benzene rings is 1. The highest BCUT2D eigenvalue weighted by molar-refractivity contribution is 5.58. The van der Waals surface area contributed by atoms with Gasteiger partial charge in [0.05, 0.1) is 23.6 Å². The van der Waals surface area contributed by atoms with Crippen molar-refractivity contribution < 1.29 is 22.7 Å². The lowest BCUT2D eigenvalue weighted by Crippen LogP contribution is -2.47. The van der Waals surface area contributed by atoms with Gasteiger partial charge in [0.15, 0.2) is 0 Å². The molecule has 3 aromatic rings. The van der Waals surface area contributed by atoms with Crippen molar-refractivity contribution in [1.29, 1.82) is 0 Å². The van der Waals surface area contributed by atoms with E-state index in [4.69, 9.17) is 4.74 Å². The van der Waals surface area contributed by atoms with Crippen LogP contribution in [0.3, 0.4) is 0 Å². The summed E-state index contributed by atoms with van der Waals surface area (Å²) in [7, 11) is 0. The highest BCUT2D eigenvalue weighted by atomic mass is 19.4. The zero-order valence-electron chi connectivity index (χ0n) is 17.0. The fourth-order valence-electron chi connectivity index (χ4n) is 4.92. The van der Waals surface area contributed by atoms with Crippen LogP contribution in [0, 0.1) is 6.92 Å². The standard InChI is InChI=1S/C21H19F3N6O2/c1-13-2-3-16(17(8-13)30-27-6-7-28-30)20-5-4-15(29(20)12-31)9-18(20)32-19-25-10-14(11-26-19)21(22,23)24/h2-3,6-8,10-12,15,18H,4-5,9H2,1H3/t15-,18-,20+/m1/s1. The van der Waals surface area contributed by atoms with Gasteiger partial charge in [-0.15, -0.1) is 0 Å². The van der Waals surface area contributed by atoms with Gasteiger partial charge in [0.1, 0.15) is 11.6 Å². The van der Waals surface area contributed by atoms with Gasteiger partial charge in [-0.3, -0.25) is 4.79 Å². The Hall–Kier alpha value is -3.50. The molecule has 3 atom stereocenters. The van der Waals surface area contributed by atoms with Crippen molar-refractivity contribution >= 4 is 6.41 Å². The Balaban J connectivity index is 1.57. The SMILES string of the molecule is Cc1ccc([C@@]23CC[C@H](C[C@H]2Oc2ncc(C(F)(F)F)cn2)N3C=O)c(-n2nccn2)c1. The summed E-state index contributed by atoms with van der Waals surface area (Å²) in [5.74, 6) is 0. The maximum atomic E-state index is 12.9. The Kier molecular flexibility index (Phi) is 4.64. The fourth-order valence-corrected chi connectivity index (χ4v) is 4.92. The van der Waals surface area contributed by atoms with Crippen molar-refractivity contribution in [3.63, 3.8) is 0 Å². The van der Waals surface area contributed by atoms with Gasteiger partial charge < -0.3 is 9.64 Å². The first kappa shape index (κ1) is 20.4. The van der Waals surface area contributed by atoms with Crippen molar-refractivity contribution in [3.8, 4) is 11.7 Å². The molecule has 0 unspecified atom stereocenters. The summed E-state index contributed by atoms with van der Waals surface area (Å²) in [6, 6.07) is 5.60. The smallest absolute Gasteiger partial charge is 0.419 e. The van der Waals surface area contributed by atoms with E-state index in [1.54, 1.807) is 17.3 Å². The molecule has 166 valence electrons. The normalized spacial score (nSPS) is 24.7. The Morgan fingerprint density at radius 2 is 1.91 bits per heavy atom. The first-order valence-corrected chi connectivity index (χ1v) is 10.1. The minimum absolute atomic E-state index is 0.0494. The molecule has 0 N–H and O–H groups in total. The number of fused-ring (bicyclic) bond motifs is 2. The Bertz CT molecular complexity index is 1140. The fraction of sp³-hybridized carbons (Fsp3) is 0.381. The molecule has 2 fully saturated rings. The highest BCUT2D eigenvalue weighted by Gasteiger charge is 2.61. The summed E-state index contributed by atoms with van der Waals surface area (Å²) in [4.78, 5) is 22.9. The predicted molar refractivity (Wildman–Crippen MR) is 105 cm³/mol. The number of carbonyl (C=O) groups is 1. The van der Waals surface area contributed by atoms with Crippen LogP contribution < -0.4 is 4.74 Å². The number of hydrogen-bond donors (Lipinski definition) is 0. The summed E-state index contributed by atoms with van der Waals surface area (Å²) < 4.78 is 44.6. The number of aromatic nitrogens is 5. The number of rotatable bonds is 5. The van der Waals surface area contributed by atoms with Crippen LogP contribution in [-0.2, 0) is 16.5 Å². The van der Waals surface area contributed by atoms with Crippen molar-refractivity contribution in [1.82, 2.24) is 29.9 Å². The van der Waals surface area contributed by atoms with Gasteiger partial charge in [-0.05, 0) is 31.4 Å². The second-order valence-electron chi connectivity index (χ2n) is 8.06. The number of ether oxygens (including phenoxy) is 1. The molecule has 2 saturated heterocycles. The van der Waals surface area contributed by atoms with E-state index in [-0.39, 0.29) is 12.1 Å². The van der Waals surface area contributed by atoms with Crippen molar-refractivity contribution in [2.24, 2.45) is 0 Å². The van der Waals surface area contributed by atoms with Crippen LogP contribution in [0.5, 0.6) is 6.01 Å². The number of aryl methyl sites for hydroxylation is 1. The van der Waals surface area contributed by atoms with E-state index >= 15 is 0 Å². The minimum Gasteiger partial charge on any atom is -0.457 e. The molecule has 11 heteroatoms. The average Bonchev–Trinajstić information content (AvgIpc) is 3.48. The molecule has 0 spiro atoms. The van der Waals surface area contributed by atoms with Crippen LogP contribution in [0.1, 0.15) is 36.0 Å². The molecule has 0 saturated carbocycles. The quantitative estimate of drug-likeness (QED) is 0.563. The molecule has 2 aromatic heterocycles. The van der Waals surface area contributed by atoms with Crippen molar-refractivity contribution in [2.45, 2.75) is 50.0 Å². The summed E-state index contributed by atoms with van der Waals surface area (Å²) in [6.07, 6.45) is 2.20. The van der Waals surface area contributed by atoms with Crippen molar-refractivity contribution in [2.75, 3.05) is 0 Å². The third kappa shape index (κ3) is 3.10. The maximum absolute atomic E-state index is 12.9. The Morgan fingerprint density at radius 1 is 1.19 bits per heavy atom. The molecular weight excluding hydrogens is 425 g/mol. The average molecular weight is 444 g/mol. The number of halogens is 3. The zero-order chi connectivity index (χ0) is 22.5. The van der Waals surface area contributed by atoms with E-state index in [0.29, 0.717) is 30.9 Å². The topological polar surface area (TPSA) is 86.0 Å². The minimum atomic E-state index is -4.53. The van der Waals surface area contributed by atoms with Gasteiger partial charge in [0.2, 0.25) is 6.41 Å². The number of nitrogens with zero attached hydrogens (tertiary/aromatic N) is 6. The molecule has 0 aliphatic carbocycles. The number of alkyl halides is 3. The van der Waals surface area contributed by atoms with E-state index in [0.717, 1.165) is 24.0 Å². The molecule has 0 radical (unpaired) electrons. The molecule has 8 nitrogen and oxygen atoms in total. The van der Waals surface area contributed by atoms with Crippen molar-refractivity contribution in [3.05, 3.63) is 59.7 Å². The summed E-state index contributed by atoms with van der Waals surface area (Å²) in [5.41, 5.74) is 0.725. The lowest BCUT2D eigenvalue weighted by atomic mass is 9.78. The van der Waals surface area contributed by atoms with Gasteiger partial charge in [0, 0.05) is 30.4 Å². The molecule has 2 aliphatic heterocycles. The molecule has 32 heavy (non-hydrogen) atoms. The van der Waals surface area contributed by atoms with E-state index < -0.39 is 23.4 Å². The van der Waals surface area contributed by atoms with Gasteiger partial charge in [-0.2, -0.15) is 28.2 Å². The van der Waals surface area contributed by atoms with Crippen LogP contribution in [0.2, 0.25) is 0 Å². The van der Waals surface area contributed by atoms with Crippen LogP contribution in [0.25, 0.3) is 5.69 Å². The van der Waals surface area contributed by atoms with E-state index in [1.807, 2.05) is 25.1 Å². The monoisotopic (exact) mass is 444 g/mol. The second kappa shape index (κ2) is 7.28. The molecule has 1 amide bonds. The van der Waals surface area contributed by atoms with Gasteiger partial charge >= 0.3 is 12.2 Å². The number of amides is 1. The number of hydrogen-bond acceptors (Lipinski definition) is 6. The van der Waals surface area contributed by atoms with Gasteiger partial charge in [-0.1, -0.05) is 12.1 Å². The van der Waals surface area contributed by atoms with E-state index in [1.165, 1.54) is 4.80 Å². The third-order valence-electron chi connectivity index (χ3n) is 6.30. The van der Waals surface area contributed by atoms with Crippen LogP contribution in [0.15, 0.2) is 43.0 Å². The second-order valence-corrected chi connectivity index (χ2v) is 8.06. The Labute approximate surface area is 181 Å². The highest BCUT2D eigenvalue weighted by Crippen LogP contribution is 2.54. The lowest BCUT2D eigenvalue weighted by Gasteiger charge is -2.38. The molecular formula is C21H19F3N6O2. The first-order chi connectivity index (χ1) is 15.3. The number of carbonyl (C=O) groups excluding carboxylic acids is 1. The van der Waals surface area contributed by atoms with Crippen LogP contribution >= 0.6 is 0 Å². The molecule has 2 aliphatic rings. The van der Waals surface area contributed by atoms with E-state index in [9.17, 15) is 18.0 Å². The summed E-state index contributed by atoms with van der Waals surface area (Å²) in [6.45, 7) is 1.95. The third-order valence-corrected chi connectivity index (χ3v) is 6.30. The Morgan fingerprint density at radius 3 is 2.56 bits per heavy atom. The van der Waals surface area contributed by atoms with Crippen LogP contribution in [0.4, 0.5) is 13.2 Å². The van der Waals surface area contributed by atoms with Crippen LogP contribution in [-0.4, -0.2) is 48.4 Å². The van der Waals surface area contributed by atoms with E-state index in [2.05, 4.69) is 20.2 Å². The lowest BCUT2D eigenvalue weighted by molar-refractivity contribution is -0.138. The molecule has 2 bridgehead atoms. The maximum Gasteiger partial charge on any atom is 0.419 e. The van der Waals surface area contributed by atoms with Gasteiger partial charge in [-0.25, -0.2) is 9.97 Å². The predicted octanol–water partition coefficient (Wildman–Crippen LogP) is 3.05. The summed E-state index contributed by atoms with van der Waals surface area (Å²) in [5, 5.41) is 8.52. The summed E-state index contributed by atoms with van der Waals surface area (Å²) >= 11 is 0. The molecule has 5 rings (SSSR count). The largest absolute Gasteiger partial charge is 0.457 e. The zero-order valence-corrected chi connectivity index (χ0v) is 17.0. The molecule has 4 heterocycles. The van der Waals surface area contributed by atoms with Gasteiger partial charge in [0.25, 0.3) is 0 Å².